The van der Waals surface area contributed by atoms with Crippen LogP contribution in [0.25, 0.3) is 0 Å². The molecule has 5 nitrogen and oxygen atoms in total. The van der Waals surface area contributed by atoms with Gasteiger partial charge in [-0.15, -0.1) is 0 Å². The SMILES string of the molecule is COCCCNC(=O)[C@@H]1CCCCC(=O)N1Cc1ccccc1. The molecule has 1 fully saturated rings. The van der Waals surface area contributed by atoms with Crippen molar-refractivity contribution in [2.24, 2.45) is 0 Å². The van der Waals surface area contributed by atoms with E-state index in [0.29, 0.717) is 26.1 Å². The third-order valence-electron chi connectivity index (χ3n) is 4.14. The summed E-state index contributed by atoms with van der Waals surface area (Å²) in [4.78, 5) is 26.7. The van der Waals surface area contributed by atoms with Crippen LogP contribution in [0.4, 0.5) is 0 Å². The highest BCUT2D eigenvalue weighted by molar-refractivity contribution is 5.88. The zero-order valence-corrected chi connectivity index (χ0v) is 13.8. The molecule has 1 saturated heterocycles. The minimum absolute atomic E-state index is 0.0488. The van der Waals surface area contributed by atoms with Gasteiger partial charge in [0, 0.05) is 33.2 Å². The minimum Gasteiger partial charge on any atom is -0.385 e. The summed E-state index contributed by atoms with van der Waals surface area (Å²) in [6, 6.07) is 9.48. The number of carbonyl (C=O) groups is 2. The quantitative estimate of drug-likeness (QED) is 0.783. The summed E-state index contributed by atoms with van der Waals surface area (Å²) in [6.45, 7) is 1.70. The molecule has 0 aromatic heterocycles. The third-order valence-corrected chi connectivity index (χ3v) is 4.14. The van der Waals surface area contributed by atoms with Crippen LogP contribution in [0.5, 0.6) is 0 Å². The average molecular weight is 318 g/mol. The fourth-order valence-electron chi connectivity index (χ4n) is 2.88. The molecule has 1 aliphatic heterocycles. The molecule has 0 aliphatic carbocycles. The van der Waals surface area contributed by atoms with Crippen LogP contribution in [0.2, 0.25) is 0 Å². The molecule has 126 valence electrons. The van der Waals surface area contributed by atoms with E-state index in [1.165, 1.54) is 0 Å². The van der Waals surface area contributed by atoms with Gasteiger partial charge in [0.2, 0.25) is 11.8 Å². The average Bonchev–Trinajstić information content (AvgIpc) is 2.75. The Bertz CT molecular complexity index is 504. The maximum Gasteiger partial charge on any atom is 0.242 e. The van der Waals surface area contributed by atoms with Gasteiger partial charge in [0.15, 0.2) is 0 Å². The Balaban J connectivity index is 2.03. The number of nitrogens with zero attached hydrogens (tertiary/aromatic N) is 1. The van der Waals surface area contributed by atoms with E-state index in [1.54, 1.807) is 12.0 Å². The largest absolute Gasteiger partial charge is 0.385 e. The first-order valence-electron chi connectivity index (χ1n) is 8.32. The molecule has 2 rings (SSSR count). The van der Waals surface area contributed by atoms with Crippen LogP contribution >= 0.6 is 0 Å². The van der Waals surface area contributed by atoms with Gasteiger partial charge in [-0.1, -0.05) is 36.8 Å². The van der Waals surface area contributed by atoms with E-state index < -0.39 is 0 Å². The van der Waals surface area contributed by atoms with Crippen molar-refractivity contribution in [2.45, 2.75) is 44.7 Å². The smallest absolute Gasteiger partial charge is 0.242 e. The van der Waals surface area contributed by atoms with E-state index in [-0.39, 0.29) is 17.9 Å². The second kappa shape index (κ2) is 9.30. The van der Waals surface area contributed by atoms with Crippen molar-refractivity contribution in [3.05, 3.63) is 35.9 Å². The summed E-state index contributed by atoms with van der Waals surface area (Å²) in [5.74, 6) is 0.0238. The lowest BCUT2D eigenvalue weighted by Gasteiger charge is -2.29. The number of ether oxygens (including phenoxy) is 1. The van der Waals surface area contributed by atoms with Crippen LogP contribution in [0.1, 0.15) is 37.7 Å². The van der Waals surface area contributed by atoms with Gasteiger partial charge in [0.25, 0.3) is 0 Å². The van der Waals surface area contributed by atoms with Crippen LogP contribution in [-0.2, 0) is 20.9 Å². The van der Waals surface area contributed by atoms with Gasteiger partial charge in [-0.2, -0.15) is 0 Å². The summed E-state index contributed by atoms with van der Waals surface area (Å²) in [5.41, 5.74) is 1.06. The van der Waals surface area contributed by atoms with E-state index in [4.69, 9.17) is 4.74 Å². The standard InChI is InChI=1S/C18H26N2O3/c1-23-13-7-12-19-18(22)16-10-5-6-11-17(21)20(16)14-15-8-3-2-4-9-15/h2-4,8-9,16H,5-7,10-14H2,1H3,(H,19,22)/t16-/m0/s1. The maximum absolute atomic E-state index is 12.5. The number of amides is 2. The predicted molar refractivity (Wildman–Crippen MR) is 88.8 cm³/mol. The van der Waals surface area contributed by atoms with Crippen molar-refractivity contribution >= 4 is 11.8 Å². The fourth-order valence-corrected chi connectivity index (χ4v) is 2.88. The van der Waals surface area contributed by atoms with Crippen LogP contribution in [0, 0.1) is 0 Å². The summed E-state index contributed by atoms with van der Waals surface area (Å²) in [6.07, 6.45) is 3.81. The molecule has 1 aromatic carbocycles. The predicted octanol–water partition coefficient (Wildman–Crippen LogP) is 2.11. The molecule has 2 amide bonds. The van der Waals surface area contributed by atoms with Gasteiger partial charge < -0.3 is 15.0 Å². The lowest BCUT2D eigenvalue weighted by molar-refractivity contribution is -0.140. The third kappa shape index (κ3) is 5.36. The highest BCUT2D eigenvalue weighted by Gasteiger charge is 2.31. The van der Waals surface area contributed by atoms with E-state index in [1.807, 2.05) is 30.3 Å². The van der Waals surface area contributed by atoms with Crippen molar-refractivity contribution in [3.8, 4) is 0 Å². The van der Waals surface area contributed by atoms with E-state index in [2.05, 4.69) is 5.32 Å². The van der Waals surface area contributed by atoms with Gasteiger partial charge in [-0.3, -0.25) is 9.59 Å². The Kier molecular flexibility index (Phi) is 7.07. The number of likely N-dealkylation sites (tertiary alicyclic amines) is 1. The molecule has 1 heterocycles. The van der Waals surface area contributed by atoms with Crippen LogP contribution in [0.15, 0.2) is 30.3 Å². The molecular weight excluding hydrogens is 292 g/mol. The van der Waals surface area contributed by atoms with Gasteiger partial charge in [0.05, 0.1) is 0 Å². The highest BCUT2D eigenvalue weighted by atomic mass is 16.5. The molecule has 0 saturated carbocycles. The van der Waals surface area contributed by atoms with Crippen LogP contribution < -0.4 is 5.32 Å². The first-order valence-corrected chi connectivity index (χ1v) is 8.32. The first-order chi connectivity index (χ1) is 11.2. The fraction of sp³-hybridized carbons (Fsp3) is 0.556. The van der Waals surface area contributed by atoms with E-state index >= 15 is 0 Å². The van der Waals surface area contributed by atoms with Gasteiger partial charge in [-0.05, 0) is 24.8 Å². The van der Waals surface area contributed by atoms with Gasteiger partial charge >= 0.3 is 0 Å². The lowest BCUT2D eigenvalue weighted by atomic mass is 10.1. The van der Waals surface area contributed by atoms with Crippen molar-refractivity contribution < 1.29 is 14.3 Å². The highest BCUT2D eigenvalue weighted by Crippen LogP contribution is 2.20. The summed E-state index contributed by atoms with van der Waals surface area (Å²) in [7, 11) is 1.65. The Labute approximate surface area is 138 Å². The monoisotopic (exact) mass is 318 g/mol. The first kappa shape index (κ1) is 17.5. The molecule has 23 heavy (non-hydrogen) atoms. The number of carbonyl (C=O) groups excluding carboxylic acids is 2. The topological polar surface area (TPSA) is 58.6 Å². The number of hydrogen-bond acceptors (Lipinski definition) is 3. The summed E-state index contributed by atoms with van der Waals surface area (Å²) < 4.78 is 4.99. The summed E-state index contributed by atoms with van der Waals surface area (Å²) in [5, 5.41) is 2.94. The Morgan fingerprint density at radius 2 is 2.09 bits per heavy atom. The molecule has 0 spiro atoms. The van der Waals surface area contributed by atoms with E-state index in [9.17, 15) is 9.59 Å². The molecule has 0 radical (unpaired) electrons. The number of benzene rings is 1. The van der Waals surface area contributed by atoms with Crippen LogP contribution in [-0.4, -0.2) is 43.0 Å². The number of hydrogen-bond donors (Lipinski definition) is 1. The zero-order valence-electron chi connectivity index (χ0n) is 13.8. The van der Waals surface area contributed by atoms with Gasteiger partial charge in [0.1, 0.15) is 6.04 Å². The van der Waals surface area contributed by atoms with Crippen molar-refractivity contribution in [1.29, 1.82) is 0 Å². The Morgan fingerprint density at radius 1 is 1.30 bits per heavy atom. The molecule has 1 aromatic rings. The lowest BCUT2D eigenvalue weighted by Crippen LogP contribution is -2.48. The second-order valence-corrected chi connectivity index (χ2v) is 5.91. The van der Waals surface area contributed by atoms with Crippen molar-refractivity contribution in [1.82, 2.24) is 10.2 Å². The molecule has 1 aliphatic rings. The molecule has 0 unspecified atom stereocenters. The second-order valence-electron chi connectivity index (χ2n) is 5.91. The minimum atomic E-state index is -0.368. The molecule has 0 bridgehead atoms. The maximum atomic E-state index is 12.5. The number of nitrogens with one attached hydrogen (secondary N) is 1. The van der Waals surface area contributed by atoms with Gasteiger partial charge in [-0.25, -0.2) is 0 Å². The number of rotatable bonds is 7. The van der Waals surface area contributed by atoms with E-state index in [0.717, 1.165) is 31.2 Å². The molecule has 1 N–H and O–H groups in total. The van der Waals surface area contributed by atoms with Crippen molar-refractivity contribution in [2.75, 3.05) is 20.3 Å². The zero-order chi connectivity index (χ0) is 16.5. The molecular formula is C18H26N2O3. The molecule has 1 atom stereocenters. The Hall–Kier alpha value is -1.88. The normalized spacial score (nSPS) is 18.6. The summed E-state index contributed by atoms with van der Waals surface area (Å²) >= 11 is 0. The molecule has 5 heteroatoms. The van der Waals surface area contributed by atoms with Crippen molar-refractivity contribution in [3.63, 3.8) is 0 Å². The Morgan fingerprint density at radius 3 is 2.83 bits per heavy atom. The van der Waals surface area contributed by atoms with Crippen LogP contribution in [0.3, 0.4) is 0 Å². The number of methoxy groups -OCH3 is 1.